The number of nitrogens with one attached hydrogen (secondary N) is 2. The van der Waals surface area contributed by atoms with Crippen LogP contribution in [0.4, 0.5) is 0 Å². The second-order valence-electron chi connectivity index (χ2n) is 4.80. The Balaban J connectivity index is 2.00. The number of carbonyl (C=O) groups excluding carboxylic acids is 2. The molecular formula is C19H15N3O2. The van der Waals surface area contributed by atoms with Gasteiger partial charge < -0.3 is 10.6 Å². The van der Waals surface area contributed by atoms with E-state index in [1.165, 1.54) is 0 Å². The molecule has 0 saturated heterocycles. The molecule has 0 unspecified atom stereocenters. The molecule has 2 amide bonds. The first-order valence-electron chi connectivity index (χ1n) is 7.24. The number of nitrogens with zero attached hydrogens (tertiary/aromatic N) is 1. The van der Waals surface area contributed by atoms with E-state index in [1.54, 1.807) is 55.6 Å². The summed E-state index contributed by atoms with van der Waals surface area (Å²) in [4.78, 5) is 23.7. The van der Waals surface area contributed by atoms with Crippen LogP contribution in [0.1, 0.15) is 31.8 Å². The smallest absolute Gasteiger partial charge is 0.252 e. The zero-order valence-electron chi connectivity index (χ0n) is 13.1. The predicted octanol–water partition coefficient (Wildman–Crippen LogP) is 1.70. The zero-order chi connectivity index (χ0) is 17.4. The molecule has 0 aliphatic carbocycles. The van der Waals surface area contributed by atoms with Crippen molar-refractivity contribution in [1.82, 2.24) is 10.6 Å². The van der Waals surface area contributed by atoms with E-state index in [4.69, 9.17) is 5.26 Å². The largest absolute Gasteiger partial charge is 0.355 e. The van der Waals surface area contributed by atoms with Crippen molar-refractivity contribution in [3.05, 3.63) is 70.8 Å². The molecule has 118 valence electrons. The second-order valence-corrected chi connectivity index (χ2v) is 4.80. The highest BCUT2D eigenvalue weighted by Crippen LogP contribution is 2.06. The van der Waals surface area contributed by atoms with E-state index in [1.807, 2.05) is 6.07 Å². The molecule has 0 saturated carbocycles. The summed E-state index contributed by atoms with van der Waals surface area (Å²) in [5.74, 6) is 5.24. The number of hydrogen-bond acceptors (Lipinski definition) is 3. The summed E-state index contributed by atoms with van der Waals surface area (Å²) in [7, 11) is 1.56. The van der Waals surface area contributed by atoms with Gasteiger partial charge in [0.25, 0.3) is 11.8 Å². The number of carbonyl (C=O) groups is 2. The molecule has 0 atom stereocenters. The molecule has 0 aromatic heterocycles. The van der Waals surface area contributed by atoms with Crippen LogP contribution in [0.3, 0.4) is 0 Å². The van der Waals surface area contributed by atoms with Gasteiger partial charge in [0.2, 0.25) is 0 Å². The lowest BCUT2D eigenvalue weighted by Crippen LogP contribution is -2.23. The molecule has 2 aromatic rings. The standard InChI is InChI=1S/C19H15N3O2/c1-21-19(24)17-7-3-2-5-15(17)6-4-12-22-18(23)16-10-8-14(13-20)9-11-16/h2-3,5,7-11H,12H2,1H3,(H,21,24)(H,22,23). The monoisotopic (exact) mass is 317 g/mol. The summed E-state index contributed by atoms with van der Waals surface area (Å²) in [5.41, 5.74) is 2.05. The van der Waals surface area contributed by atoms with Crippen molar-refractivity contribution in [1.29, 1.82) is 5.26 Å². The Morgan fingerprint density at radius 1 is 1.04 bits per heavy atom. The maximum absolute atomic E-state index is 12.0. The van der Waals surface area contributed by atoms with Gasteiger partial charge in [-0.1, -0.05) is 24.0 Å². The van der Waals surface area contributed by atoms with Gasteiger partial charge in [0.15, 0.2) is 0 Å². The summed E-state index contributed by atoms with van der Waals surface area (Å²) in [6, 6.07) is 15.3. The van der Waals surface area contributed by atoms with E-state index in [9.17, 15) is 9.59 Å². The fourth-order valence-electron chi connectivity index (χ4n) is 1.99. The van der Waals surface area contributed by atoms with Crippen LogP contribution >= 0.6 is 0 Å². The van der Waals surface area contributed by atoms with Gasteiger partial charge in [-0.2, -0.15) is 5.26 Å². The number of amides is 2. The van der Waals surface area contributed by atoms with Crippen LogP contribution in [0.2, 0.25) is 0 Å². The minimum absolute atomic E-state index is 0.154. The summed E-state index contributed by atoms with van der Waals surface area (Å²) < 4.78 is 0. The fourth-order valence-corrected chi connectivity index (χ4v) is 1.99. The molecule has 0 aliphatic heterocycles. The second kappa shape index (κ2) is 8.17. The third-order valence-corrected chi connectivity index (χ3v) is 3.24. The summed E-state index contributed by atoms with van der Waals surface area (Å²) >= 11 is 0. The van der Waals surface area contributed by atoms with Crippen molar-refractivity contribution in [2.24, 2.45) is 0 Å². The van der Waals surface area contributed by atoms with E-state index in [0.717, 1.165) is 0 Å². The molecule has 5 heteroatoms. The van der Waals surface area contributed by atoms with Crippen molar-refractivity contribution >= 4 is 11.8 Å². The molecule has 0 aliphatic rings. The van der Waals surface area contributed by atoms with Crippen molar-refractivity contribution in [2.75, 3.05) is 13.6 Å². The Morgan fingerprint density at radius 3 is 2.42 bits per heavy atom. The molecule has 2 N–H and O–H groups in total. The highest BCUT2D eigenvalue weighted by molar-refractivity contribution is 5.96. The number of rotatable bonds is 3. The molecule has 24 heavy (non-hydrogen) atoms. The van der Waals surface area contributed by atoms with Gasteiger partial charge in [-0.05, 0) is 36.4 Å². The molecule has 0 bridgehead atoms. The predicted molar refractivity (Wildman–Crippen MR) is 90.2 cm³/mol. The summed E-state index contributed by atoms with van der Waals surface area (Å²) in [6.45, 7) is 0.154. The van der Waals surface area contributed by atoms with Gasteiger partial charge in [-0.15, -0.1) is 0 Å². The Bertz CT molecular complexity index is 853. The van der Waals surface area contributed by atoms with Crippen LogP contribution in [0.25, 0.3) is 0 Å². The quantitative estimate of drug-likeness (QED) is 0.845. The molecule has 5 nitrogen and oxygen atoms in total. The zero-order valence-corrected chi connectivity index (χ0v) is 13.1. The first kappa shape index (κ1) is 16.8. The minimum Gasteiger partial charge on any atom is -0.355 e. The van der Waals surface area contributed by atoms with E-state index in [2.05, 4.69) is 22.5 Å². The Labute approximate surface area is 140 Å². The molecule has 2 rings (SSSR count). The summed E-state index contributed by atoms with van der Waals surface area (Å²) in [5, 5.41) is 14.0. The van der Waals surface area contributed by atoms with Crippen LogP contribution in [-0.4, -0.2) is 25.4 Å². The van der Waals surface area contributed by atoms with E-state index < -0.39 is 0 Å². The number of nitriles is 1. The third-order valence-electron chi connectivity index (χ3n) is 3.24. The molecule has 2 aromatic carbocycles. The average molecular weight is 317 g/mol. The normalized spacial score (nSPS) is 9.17. The fraction of sp³-hybridized carbons (Fsp3) is 0.105. The van der Waals surface area contributed by atoms with E-state index in [0.29, 0.717) is 22.3 Å². The van der Waals surface area contributed by atoms with Gasteiger partial charge in [0.1, 0.15) is 0 Å². The van der Waals surface area contributed by atoms with Crippen molar-refractivity contribution in [3.63, 3.8) is 0 Å². The first-order valence-corrected chi connectivity index (χ1v) is 7.24. The van der Waals surface area contributed by atoms with Crippen LogP contribution in [0.5, 0.6) is 0 Å². The molecule has 0 radical (unpaired) electrons. The SMILES string of the molecule is CNC(=O)c1ccccc1C#CCNC(=O)c1ccc(C#N)cc1. The lowest BCUT2D eigenvalue weighted by atomic mass is 10.1. The number of benzene rings is 2. The van der Waals surface area contributed by atoms with Gasteiger partial charge in [-0.25, -0.2) is 0 Å². The Morgan fingerprint density at radius 2 is 1.75 bits per heavy atom. The van der Waals surface area contributed by atoms with Gasteiger partial charge in [0, 0.05) is 18.2 Å². The first-order chi connectivity index (χ1) is 11.7. The Kier molecular flexibility index (Phi) is 5.71. The maximum Gasteiger partial charge on any atom is 0.252 e. The van der Waals surface area contributed by atoms with Crippen LogP contribution in [0.15, 0.2) is 48.5 Å². The van der Waals surface area contributed by atoms with E-state index in [-0.39, 0.29) is 18.4 Å². The average Bonchev–Trinajstić information content (AvgIpc) is 2.64. The summed E-state index contributed by atoms with van der Waals surface area (Å²) in [6.07, 6.45) is 0. The lowest BCUT2D eigenvalue weighted by molar-refractivity contribution is 0.0952. The highest BCUT2D eigenvalue weighted by Gasteiger charge is 2.07. The van der Waals surface area contributed by atoms with Crippen molar-refractivity contribution in [3.8, 4) is 17.9 Å². The highest BCUT2D eigenvalue weighted by atomic mass is 16.2. The molecule has 0 spiro atoms. The topological polar surface area (TPSA) is 82.0 Å². The van der Waals surface area contributed by atoms with Crippen LogP contribution < -0.4 is 10.6 Å². The minimum atomic E-state index is -0.270. The molecule has 0 fully saturated rings. The Hall–Kier alpha value is -3.57. The van der Waals surface area contributed by atoms with Gasteiger partial charge in [0.05, 0.1) is 23.7 Å². The number of hydrogen-bond donors (Lipinski definition) is 2. The third kappa shape index (κ3) is 4.22. The maximum atomic E-state index is 12.0. The lowest BCUT2D eigenvalue weighted by Gasteiger charge is -2.02. The molecule has 0 heterocycles. The van der Waals surface area contributed by atoms with Gasteiger partial charge >= 0.3 is 0 Å². The molecular weight excluding hydrogens is 302 g/mol. The van der Waals surface area contributed by atoms with Crippen molar-refractivity contribution < 1.29 is 9.59 Å². The van der Waals surface area contributed by atoms with Crippen LogP contribution in [0, 0.1) is 23.2 Å². The van der Waals surface area contributed by atoms with E-state index >= 15 is 0 Å². The van der Waals surface area contributed by atoms with Crippen LogP contribution in [-0.2, 0) is 0 Å². The van der Waals surface area contributed by atoms with Crippen molar-refractivity contribution in [2.45, 2.75) is 0 Å². The van der Waals surface area contributed by atoms with Gasteiger partial charge in [-0.3, -0.25) is 9.59 Å².